The number of carbonyl (C=O) groups is 1. The quantitative estimate of drug-likeness (QED) is 0.844. The van der Waals surface area contributed by atoms with Gasteiger partial charge < -0.3 is 5.32 Å². The molecule has 0 aliphatic heterocycles. The van der Waals surface area contributed by atoms with E-state index in [0.717, 1.165) is 22.0 Å². The second kappa shape index (κ2) is 7.41. The molecule has 110 valence electrons. The zero-order chi connectivity index (χ0) is 15.2. The Morgan fingerprint density at radius 3 is 2.52 bits per heavy atom. The Morgan fingerprint density at radius 1 is 1.19 bits per heavy atom. The highest BCUT2D eigenvalue weighted by molar-refractivity contribution is 9.10. The largest absolute Gasteiger partial charge is 0.349 e. The minimum absolute atomic E-state index is 0.0560. The van der Waals surface area contributed by atoms with Crippen LogP contribution in [0, 0.1) is 6.92 Å². The minimum Gasteiger partial charge on any atom is -0.349 e. The van der Waals surface area contributed by atoms with E-state index in [4.69, 9.17) is 0 Å². The predicted octanol–water partition coefficient (Wildman–Crippen LogP) is 4.57. The number of rotatable bonds is 5. The molecule has 3 heteroatoms. The van der Waals surface area contributed by atoms with E-state index < -0.39 is 0 Å². The molecule has 2 aromatic rings. The van der Waals surface area contributed by atoms with Crippen molar-refractivity contribution in [3.63, 3.8) is 0 Å². The van der Waals surface area contributed by atoms with Crippen molar-refractivity contribution in [3.05, 3.63) is 69.7 Å². The molecule has 0 saturated carbocycles. The van der Waals surface area contributed by atoms with Gasteiger partial charge in [0, 0.05) is 4.47 Å². The maximum absolute atomic E-state index is 12.2. The highest BCUT2D eigenvalue weighted by Crippen LogP contribution is 2.18. The van der Waals surface area contributed by atoms with E-state index in [2.05, 4.69) is 59.4 Å². The number of hydrogen-bond acceptors (Lipinski definition) is 1. The molecule has 2 aromatic carbocycles. The van der Waals surface area contributed by atoms with Gasteiger partial charge in [0.05, 0.1) is 12.5 Å². The van der Waals surface area contributed by atoms with Crippen LogP contribution in [0.5, 0.6) is 0 Å². The van der Waals surface area contributed by atoms with Crippen molar-refractivity contribution in [2.45, 2.75) is 32.7 Å². The normalized spacial score (nSPS) is 12.0. The third kappa shape index (κ3) is 4.71. The fourth-order valence-corrected chi connectivity index (χ4v) is 2.74. The molecule has 0 aliphatic rings. The van der Waals surface area contributed by atoms with Gasteiger partial charge in [0.25, 0.3) is 0 Å². The lowest BCUT2D eigenvalue weighted by Crippen LogP contribution is -2.29. The van der Waals surface area contributed by atoms with Crippen molar-refractivity contribution in [3.8, 4) is 0 Å². The molecular weight excluding hydrogens is 326 g/mol. The van der Waals surface area contributed by atoms with E-state index >= 15 is 0 Å². The first-order valence-corrected chi connectivity index (χ1v) is 7.98. The van der Waals surface area contributed by atoms with E-state index in [-0.39, 0.29) is 11.9 Å². The zero-order valence-electron chi connectivity index (χ0n) is 12.4. The monoisotopic (exact) mass is 345 g/mol. The number of amides is 1. The summed E-state index contributed by atoms with van der Waals surface area (Å²) in [4.78, 5) is 12.2. The smallest absolute Gasteiger partial charge is 0.224 e. The van der Waals surface area contributed by atoms with Crippen molar-refractivity contribution in [2.75, 3.05) is 0 Å². The average molecular weight is 346 g/mol. The van der Waals surface area contributed by atoms with E-state index in [0.29, 0.717) is 6.42 Å². The molecular formula is C18H20BrNO. The molecule has 0 unspecified atom stereocenters. The highest BCUT2D eigenvalue weighted by Gasteiger charge is 2.13. The van der Waals surface area contributed by atoms with Gasteiger partial charge in [0.2, 0.25) is 5.91 Å². The van der Waals surface area contributed by atoms with Crippen LogP contribution in [-0.4, -0.2) is 5.91 Å². The average Bonchev–Trinajstić information content (AvgIpc) is 2.46. The van der Waals surface area contributed by atoms with E-state index in [1.165, 1.54) is 5.56 Å². The van der Waals surface area contributed by atoms with Crippen molar-refractivity contribution in [1.82, 2.24) is 5.32 Å². The highest BCUT2D eigenvalue weighted by atomic mass is 79.9. The van der Waals surface area contributed by atoms with Crippen LogP contribution < -0.4 is 5.32 Å². The Hall–Kier alpha value is -1.61. The summed E-state index contributed by atoms with van der Waals surface area (Å²) in [6, 6.07) is 16.3. The zero-order valence-corrected chi connectivity index (χ0v) is 14.0. The number of benzene rings is 2. The summed E-state index contributed by atoms with van der Waals surface area (Å²) in [5, 5.41) is 3.12. The molecule has 0 bridgehead atoms. The summed E-state index contributed by atoms with van der Waals surface area (Å²) < 4.78 is 0.998. The fraction of sp³-hybridized carbons (Fsp3) is 0.278. The molecule has 0 aliphatic carbocycles. The van der Waals surface area contributed by atoms with Gasteiger partial charge in [-0.3, -0.25) is 4.79 Å². The molecule has 0 radical (unpaired) electrons. The molecule has 0 heterocycles. The summed E-state index contributed by atoms with van der Waals surface area (Å²) in [5.41, 5.74) is 3.40. The standard InChI is InChI=1S/C18H20BrNO/c1-3-17(15-9-7-13(2)8-10-15)20-18(21)12-14-5-4-6-16(19)11-14/h4-11,17H,3,12H2,1-2H3,(H,20,21)/t17-/m1/s1. The van der Waals surface area contributed by atoms with Gasteiger partial charge >= 0.3 is 0 Å². The van der Waals surface area contributed by atoms with Gasteiger partial charge in [0.15, 0.2) is 0 Å². The Morgan fingerprint density at radius 2 is 1.90 bits per heavy atom. The lowest BCUT2D eigenvalue weighted by Gasteiger charge is -2.18. The molecule has 0 fully saturated rings. The summed E-state index contributed by atoms with van der Waals surface area (Å²) in [5.74, 6) is 0.0560. The Labute approximate surface area is 134 Å². The number of hydrogen-bond donors (Lipinski definition) is 1. The van der Waals surface area contributed by atoms with Crippen molar-refractivity contribution in [1.29, 1.82) is 0 Å². The summed E-state index contributed by atoms with van der Waals surface area (Å²) in [6.45, 7) is 4.15. The molecule has 0 saturated heterocycles. The molecule has 2 rings (SSSR count). The molecule has 2 nitrogen and oxygen atoms in total. The molecule has 0 aromatic heterocycles. The lowest BCUT2D eigenvalue weighted by molar-refractivity contribution is -0.121. The first-order chi connectivity index (χ1) is 10.1. The number of nitrogens with one attached hydrogen (secondary N) is 1. The Bertz CT molecular complexity index is 607. The third-order valence-corrected chi connectivity index (χ3v) is 3.97. The van der Waals surface area contributed by atoms with Crippen LogP contribution >= 0.6 is 15.9 Å². The molecule has 0 spiro atoms. The van der Waals surface area contributed by atoms with Crippen molar-refractivity contribution in [2.24, 2.45) is 0 Å². The van der Waals surface area contributed by atoms with Gasteiger partial charge in [-0.25, -0.2) is 0 Å². The molecule has 1 N–H and O–H groups in total. The third-order valence-electron chi connectivity index (χ3n) is 3.48. The molecule has 21 heavy (non-hydrogen) atoms. The van der Waals surface area contributed by atoms with Gasteiger partial charge in [-0.15, -0.1) is 0 Å². The Balaban J connectivity index is 2.01. The maximum atomic E-state index is 12.2. The first-order valence-electron chi connectivity index (χ1n) is 7.19. The second-order valence-electron chi connectivity index (χ2n) is 5.25. The van der Waals surface area contributed by atoms with Crippen LogP contribution in [0.3, 0.4) is 0 Å². The Kier molecular flexibility index (Phi) is 5.57. The van der Waals surface area contributed by atoms with E-state index in [1.807, 2.05) is 24.3 Å². The maximum Gasteiger partial charge on any atom is 0.224 e. The topological polar surface area (TPSA) is 29.1 Å². The first kappa shape index (κ1) is 15.8. The molecule has 1 amide bonds. The van der Waals surface area contributed by atoms with Crippen LogP contribution in [0.1, 0.15) is 36.1 Å². The van der Waals surface area contributed by atoms with Crippen LogP contribution in [0.4, 0.5) is 0 Å². The predicted molar refractivity (Wildman–Crippen MR) is 90.2 cm³/mol. The number of carbonyl (C=O) groups excluding carboxylic acids is 1. The van der Waals surface area contributed by atoms with Crippen LogP contribution in [0.2, 0.25) is 0 Å². The van der Waals surface area contributed by atoms with Crippen LogP contribution in [0.15, 0.2) is 53.0 Å². The number of halogens is 1. The van der Waals surface area contributed by atoms with Gasteiger partial charge in [-0.1, -0.05) is 64.8 Å². The van der Waals surface area contributed by atoms with Gasteiger partial charge in [-0.2, -0.15) is 0 Å². The summed E-state index contributed by atoms with van der Waals surface area (Å²) >= 11 is 3.43. The van der Waals surface area contributed by atoms with Crippen molar-refractivity contribution < 1.29 is 4.79 Å². The molecule has 1 atom stereocenters. The summed E-state index contributed by atoms with van der Waals surface area (Å²) in [6.07, 6.45) is 1.29. The van der Waals surface area contributed by atoms with Gasteiger partial charge in [-0.05, 0) is 36.6 Å². The SMILES string of the molecule is CC[C@@H](NC(=O)Cc1cccc(Br)c1)c1ccc(C)cc1. The fourth-order valence-electron chi connectivity index (χ4n) is 2.30. The second-order valence-corrected chi connectivity index (χ2v) is 6.16. The van der Waals surface area contributed by atoms with E-state index in [9.17, 15) is 4.79 Å². The van der Waals surface area contributed by atoms with Crippen LogP contribution in [-0.2, 0) is 11.2 Å². The van der Waals surface area contributed by atoms with Crippen molar-refractivity contribution >= 4 is 21.8 Å². The number of aryl methyl sites for hydroxylation is 1. The van der Waals surface area contributed by atoms with Gasteiger partial charge in [0.1, 0.15) is 0 Å². The van der Waals surface area contributed by atoms with E-state index in [1.54, 1.807) is 0 Å². The van der Waals surface area contributed by atoms with Crippen LogP contribution in [0.25, 0.3) is 0 Å². The lowest BCUT2D eigenvalue weighted by atomic mass is 10.0. The summed E-state index contributed by atoms with van der Waals surface area (Å²) in [7, 11) is 0. The minimum atomic E-state index is 0.0560.